The van der Waals surface area contributed by atoms with E-state index in [4.69, 9.17) is 14.1 Å². The predicted molar refractivity (Wildman–Crippen MR) is 119 cm³/mol. The minimum Gasteiger partial charge on any atom is -0.497 e. The van der Waals surface area contributed by atoms with E-state index >= 15 is 0 Å². The van der Waals surface area contributed by atoms with Crippen molar-refractivity contribution in [3.63, 3.8) is 0 Å². The summed E-state index contributed by atoms with van der Waals surface area (Å²) in [6.45, 7) is 4.03. The van der Waals surface area contributed by atoms with E-state index in [1.54, 1.807) is 24.7 Å². The number of thiophene rings is 1. The summed E-state index contributed by atoms with van der Waals surface area (Å²) in [6.07, 6.45) is 0.784. The number of fused-ring (bicyclic) bond motifs is 1. The number of rotatable bonds is 6. The molecule has 7 nitrogen and oxygen atoms in total. The van der Waals surface area contributed by atoms with Crippen LogP contribution in [0.2, 0.25) is 0 Å². The third kappa shape index (κ3) is 3.74. The standard InChI is InChI=1S/C23H22N2O5S/c1-5-18-19(14-7-6-8-15(11-14)28-3)20-21(31-18)24-13(2)25(22(20)26)12-16-9-10-17(30-16)23(27)29-4/h6-11H,5,12H2,1-4H3. The molecule has 0 unspecified atom stereocenters. The van der Waals surface area contributed by atoms with E-state index < -0.39 is 5.97 Å². The van der Waals surface area contributed by atoms with Crippen molar-refractivity contribution in [2.75, 3.05) is 14.2 Å². The fourth-order valence-electron chi connectivity index (χ4n) is 3.58. The number of nitrogens with zero attached hydrogens (tertiary/aromatic N) is 2. The second kappa shape index (κ2) is 8.39. The molecule has 0 amide bonds. The summed E-state index contributed by atoms with van der Waals surface area (Å²) in [4.78, 5) is 31.8. The van der Waals surface area contributed by atoms with Crippen LogP contribution >= 0.6 is 11.3 Å². The van der Waals surface area contributed by atoms with E-state index in [1.165, 1.54) is 24.5 Å². The zero-order valence-electron chi connectivity index (χ0n) is 17.7. The zero-order chi connectivity index (χ0) is 22.1. The Labute approximate surface area is 182 Å². The Morgan fingerprint density at radius 2 is 2.03 bits per heavy atom. The van der Waals surface area contributed by atoms with Gasteiger partial charge in [-0.15, -0.1) is 11.3 Å². The van der Waals surface area contributed by atoms with E-state index in [-0.39, 0.29) is 17.9 Å². The van der Waals surface area contributed by atoms with Crippen LogP contribution in [-0.4, -0.2) is 29.7 Å². The second-order valence-electron chi connectivity index (χ2n) is 6.97. The van der Waals surface area contributed by atoms with Crippen molar-refractivity contribution in [1.29, 1.82) is 0 Å². The average Bonchev–Trinajstić information content (AvgIpc) is 3.40. The van der Waals surface area contributed by atoms with Gasteiger partial charge in [0.2, 0.25) is 5.76 Å². The van der Waals surface area contributed by atoms with Crippen LogP contribution in [0.25, 0.3) is 21.3 Å². The number of ether oxygens (including phenoxy) is 2. The second-order valence-corrected chi connectivity index (χ2v) is 8.06. The van der Waals surface area contributed by atoms with Crippen molar-refractivity contribution in [2.45, 2.75) is 26.8 Å². The number of carbonyl (C=O) groups excluding carboxylic acids is 1. The van der Waals surface area contributed by atoms with E-state index in [0.717, 1.165) is 28.2 Å². The van der Waals surface area contributed by atoms with Crippen LogP contribution in [0, 0.1) is 6.92 Å². The first-order valence-corrected chi connectivity index (χ1v) is 10.6. The number of esters is 1. The van der Waals surface area contributed by atoms with Crippen molar-refractivity contribution >= 4 is 27.5 Å². The molecule has 0 radical (unpaired) electrons. The summed E-state index contributed by atoms with van der Waals surface area (Å²) < 4.78 is 17.2. The molecule has 160 valence electrons. The Bertz CT molecular complexity index is 1330. The van der Waals surface area contributed by atoms with Crippen LogP contribution in [0.5, 0.6) is 5.75 Å². The lowest BCUT2D eigenvalue weighted by Gasteiger charge is -2.10. The summed E-state index contributed by atoms with van der Waals surface area (Å²) in [5.41, 5.74) is 1.66. The van der Waals surface area contributed by atoms with Crippen LogP contribution in [-0.2, 0) is 17.7 Å². The molecular formula is C23H22N2O5S. The van der Waals surface area contributed by atoms with Crippen molar-refractivity contribution in [1.82, 2.24) is 9.55 Å². The molecule has 4 rings (SSSR count). The van der Waals surface area contributed by atoms with E-state index in [0.29, 0.717) is 21.8 Å². The van der Waals surface area contributed by atoms with Gasteiger partial charge in [0.25, 0.3) is 5.56 Å². The van der Waals surface area contributed by atoms with Crippen LogP contribution in [0.4, 0.5) is 0 Å². The lowest BCUT2D eigenvalue weighted by Crippen LogP contribution is -2.24. The largest absolute Gasteiger partial charge is 0.497 e. The van der Waals surface area contributed by atoms with Gasteiger partial charge in [-0.3, -0.25) is 9.36 Å². The first-order valence-electron chi connectivity index (χ1n) is 9.81. The fraction of sp³-hybridized carbons (Fsp3) is 0.261. The van der Waals surface area contributed by atoms with Crippen LogP contribution in [0.1, 0.15) is 33.9 Å². The molecule has 0 N–H and O–H groups in total. The quantitative estimate of drug-likeness (QED) is 0.414. The zero-order valence-corrected chi connectivity index (χ0v) is 18.5. The molecule has 0 aliphatic heterocycles. The molecule has 0 fully saturated rings. The number of carbonyl (C=O) groups is 1. The highest BCUT2D eigenvalue weighted by Gasteiger charge is 2.21. The maximum Gasteiger partial charge on any atom is 0.373 e. The van der Waals surface area contributed by atoms with Gasteiger partial charge in [-0.1, -0.05) is 19.1 Å². The van der Waals surface area contributed by atoms with Crippen LogP contribution < -0.4 is 10.3 Å². The van der Waals surface area contributed by atoms with Crippen molar-refractivity contribution in [3.8, 4) is 16.9 Å². The number of furan rings is 1. The Kier molecular flexibility index (Phi) is 5.65. The monoisotopic (exact) mass is 438 g/mol. The van der Waals surface area contributed by atoms with Gasteiger partial charge in [0.1, 0.15) is 22.2 Å². The summed E-state index contributed by atoms with van der Waals surface area (Å²) in [7, 11) is 2.91. The molecule has 1 aromatic carbocycles. The molecule has 0 bridgehead atoms. The smallest absolute Gasteiger partial charge is 0.373 e. The SMILES string of the molecule is CCc1sc2nc(C)n(Cc3ccc(C(=O)OC)o3)c(=O)c2c1-c1cccc(OC)c1. The minimum atomic E-state index is -0.561. The lowest BCUT2D eigenvalue weighted by atomic mass is 10.0. The van der Waals surface area contributed by atoms with Gasteiger partial charge in [0.05, 0.1) is 26.2 Å². The highest BCUT2D eigenvalue weighted by atomic mass is 32.1. The van der Waals surface area contributed by atoms with Gasteiger partial charge in [0, 0.05) is 10.4 Å². The molecular weight excluding hydrogens is 416 g/mol. The first kappa shape index (κ1) is 20.9. The molecule has 0 saturated heterocycles. The van der Waals surface area contributed by atoms with E-state index in [2.05, 4.69) is 11.7 Å². The summed E-state index contributed by atoms with van der Waals surface area (Å²) in [5.74, 6) is 1.31. The average molecular weight is 439 g/mol. The topological polar surface area (TPSA) is 83.6 Å². The Hall–Kier alpha value is -3.39. The van der Waals surface area contributed by atoms with Crippen LogP contribution in [0.15, 0.2) is 45.6 Å². The van der Waals surface area contributed by atoms with Gasteiger partial charge in [0.15, 0.2) is 0 Å². The molecule has 3 heterocycles. The molecule has 0 spiro atoms. The summed E-state index contributed by atoms with van der Waals surface area (Å²) in [5, 5.41) is 0.584. The number of aromatic nitrogens is 2. The first-order chi connectivity index (χ1) is 15.0. The van der Waals surface area contributed by atoms with Crippen molar-refractivity contribution in [2.24, 2.45) is 0 Å². The molecule has 0 aliphatic rings. The van der Waals surface area contributed by atoms with Gasteiger partial charge >= 0.3 is 5.97 Å². The third-order valence-electron chi connectivity index (χ3n) is 5.12. The third-order valence-corrected chi connectivity index (χ3v) is 6.35. The molecule has 0 atom stereocenters. The van der Waals surface area contributed by atoms with E-state index in [1.807, 2.05) is 24.3 Å². The molecule has 3 aromatic heterocycles. The normalized spacial score (nSPS) is 11.1. The summed E-state index contributed by atoms with van der Waals surface area (Å²) >= 11 is 1.54. The molecule has 31 heavy (non-hydrogen) atoms. The Balaban J connectivity index is 1.88. The van der Waals surface area contributed by atoms with Gasteiger partial charge < -0.3 is 13.9 Å². The van der Waals surface area contributed by atoms with Crippen molar-refractivity contribution < 1.29 is 18.7 Å². The number of benzene rings is 1. The number of hydrogen-bond donors (Lipinski definition) is 0. The maximum absolute atomic E-state index is 13.6. The van der Waals surface area contributed by atoms with Gasteiger partial charge in [-0.25, -0.2) is 9.78 Å². The lowest BCUT2D eigenvalue weighted by molar-refractivity contribution is 0.0563. The van der Waals surface area contributed by atoms with Gasteiger partial charge in [-0.05, 0) is 43.2 Å². The molecule has 0 aliphatic carbocycles. The summed E-state index contributed by atoms with van der Waals surface area (Å²) in [6, 6.07) is 10.9. The predicted octanol–water partition coefficient (Wildman–Crippen LogP) is 4.43. The molecule has 8 heteroatoms. The Morgan fingerprint density at radius 1 is 1.23 bits per heavy atom. The number of aryl methyl sites for hydroxylation is 2. The Morgan fingerprint density at radius 3 is 2.74 bits per heavy atom. The molecule has 0 saturated carbocycles. The fourth-order valence-corrected chi connectivity index (χ4v) is 4.75. The van der Waals surface area contributed by atoms with Gasteiger partial charge in [-0.2, -0.15) is 0 Å². The van der Waals surface area contributed by atoms with Crippen LogP contribution in [0.3, 0.4) is 0 Å². The van der Waals surface area contributed by atoms with E-state index in [9.17, 15) is 9.59 Å². The highest BCUT2D eigenvalue weighted by Crippen LogP contribution is 2.38. The highest BCUT2D eigenvalue weighted by molar-refractivity contribution is 7.19. The van der Waals surface area contributed by atoms with Crippen molar-refractivity contribution in [3.05, 3.63) is 69.0 Å². The number of hydrogen-bond acceptors (Lipinski definition) is 7. The minimum absolute atomic E-state index is 0.0955. The maximum atomic E-state index is 13.6. The molecule has 4 aromatic rings. The number of methoxy groups -OCH3 is 2.